The van der Waals surface area contributed by atoms with Crippen LogP contribution in [0.1, 0.15) is 43.7 Å². The number of nitrogens with one attached hydrogen (secondary N) is 1. The molecule has 15 heteroatoms. The van der Waals surface area contributed by atoms with Gasteiger partial charge in [0.05, 0.1) is 16.9 Å². The van der Waals surface area contributed by atoms with Crippen molar-refractivity contribution in [3.05, 3.63) is 88.3 Å². The van der Waals surface area contributed by atoms with Crippen LogP contribution in [0.15, 0.2) is 66.4 Å². The van der Waals surface area contributed by atoms with E-state index in [0.717, 1.165) is 17.7 Å². The summed E-state index contributed by atoms with van der Waals surface area (Å²) in [5.74, 6) is -1.48. The highest BCUT2D eigenvalue weighted by atomic mass is 35.5. The number of aryl methyl sites for hydroxylation is 1. The number of fused-ring (bicyclic) bond motifs is 1. The predicted molar refractivity (Wildman–Crippen MR) is 170 cm³/mol. The second-order valence-electron chi connectivity index (χ2n) is 11.6. The summed E-state index contributed by atoms with van der Waals surface area (Å²) in [6.45, 7) is 6.73. The van der Waals surface area contributed by atoms with Crippen molar-refractivity contribution in [1.29, 1.82) is 0 Å². The number of hydrogen-bond donors (Lipinski definition) is 2. The van der Waals surface area contributed by atoms with Crippen LogP contribution < -0.4 is 10.1 Å². The van der Waals surface area contributed by atoms with Crippen LogP contribution in [-0.2, 0) is 16.0 Å². The number of alkyl carbamates (subject to hydrolysis) is 1. The van der Waals surface area contributed by atoms with E-state index in [9.17, 15) is 27.9 Å². The van der Waals surface area contributed by atoms with Crippen molar-refractivity contribution >= 4 is 45.2 Å². The third-order valence-electron chi connectivity index (χ3n) is 6.79. The molecular weight excluding hydrogens is 659 g/mol. The summed E-state index contributed by atoms with van der Waals surface area (Å²) in [5.41, 5.74) is 2.01. The molecule has 5 rings (SSSR count). The first-order chi connectivity index (χ1) is 22.1. The molecule has 0 aliphatic carbocycles. The molecule has 246 valence electrons. The number of aliphatic carboxylic acids is 1. The summed E-state index contributed by atoms with van der Waals surface area (Å²) in [6.07, 6.45) is -5.42. The number of amides is 1. The highest BCUT2D eigenvalue weighted by Crippen LogP contribution is 2.43. The van der Waals surface area contributed by atoms with Crippen LogP contribution in [0, 0.1) is 6.92 Å². The van der Waals surface area contributed by atoms with Gasteiger partial charge in [-0.3, -0.25) is 0 Å². The number of halogens is 4. The largest absolute Gasteiger partial charge is 0.480 e. The molecule has 0 saturated heterocycles. The topological polar surface area (TPSA) is 128 Å². The quantitative estimate of drug-likeness (QED) is 0.161. The Balaban J connectivity index is 1.42. The van der Waals surface area contributed by atoms with Gasteiger partial charge in [-0.15, -0.1) is 11.3 Å². The van der Waals surface area contributed by atoms with Crippen molar-refractivity contribution < 1.29 is 37.3 Å². The van der Waals surface area contributed by atoms with Crippen LogP contribution in [0.2, 0.25) is 5.02 Å². The molecule has 2 N–H and O–H groups in total. The van der Waals surface area contributed by atoms with E-state index in [1.54, 1.807) is 63.4 Å². The second kappa shape index (κ2) is 13.2. The monoisotopic (exact) mass is 687 g/mol. The minimum Gasteiger partial charge on any atom is -0.480 e. The highest BCUT2D eigenvalue weighted by Gasteiger charge is 2.45. The molecule has 0 bridgehead atoms. The molecular formula is C32H29ClF3N5O5S. The van der Waals surface area contributed by atoms with Crippen molar-refractivity contribution in [1.82, 2.24) is 25.1 Å². The van der Waals surface area contributed by atoms with E-state index in [0.29, 0.717) is 32.6 Å². The van der Waals surface area contributed by atoms with Crippen LogP contribution in [0.5, 0.6) is 5.88 Å². The number of hydrogen-bond acceptors (Lipinski definition) is 8. The molecule has 10 nitrogen and oxygen atoms in total. The van der Waals surface area contributed by atoms with Gasteiger partial charge < -0.3 is 19.9 Å². The molecule has 0 spiro atoms. The van der Waals surface area contributed by atoms with E-state index in [2.05, 4.69) is 20.4 Å². The lowest BCUT2D eigenvalue weighted by Gasteiger charge is -2.24. The summed E-state index contributed by atoms with van der Waals surface area (Å²) >= 11 is 7.28. The van der Waals surface area contributed by atoms with Gasteiger partial charge in [-0.25, -0.2) is 24.2 Å². The number of alkyl halides is 3. The summed E-state index contributed by atoms with van der Waals surface area (Å²) in [6, 6.07) is 11.3. The number of thiophene rings is 1. The fourth-order valence-electron chi connectivity index (χ4n) is 4.73. The van der Waals surface area contributed by atoms with Crippen LogP contribution in [0.4, 0.5) is 18.0 Å². The normalized spacial score (nSPS) is 13.3. The van der Waals surface area contributed by atoms with Gasteiger partial charge in [-0.1, -0.05) is 41.9 Å². The molecule has 1 amide bonds. The number of carboxylic acid groups (broad SMARTS) is 1. The Morgan fingerprint density at radius 2 is 1.81 bits per heavy atom. The molecule has 3 heterocycles. The Morgan fingerprint density at radius 3 is 2.43 bits per heavy atom. The van der Waals surface area contributed by atoms with E-state index in [1.807, 2.05) is 0 Å². The first-order valence-electron chi connectivity index (χ1n) is 14.2. The second-order valence-corrected chi connectivity index (χ2v) is 12.9. The number of ether oxygens (including phenoxy) is 2. The Morgan fingerprint density at radius 1 is 1.09 bits per heavy atom. The van der Waals surface area contributed by atoms with E-state index < -0.39 is 36.0 Å². The molecule has 3 aromatic heterocycles. The number of carbonyl (C=O) groups is 2. The van der Waals surface area contributed by atoms with E-state index in [-0.39, 0.29) is 28.6 Å². The number of carboxylic acids is 1. The van der Waals surface area contributed by atoms with Crippen molar-refractivity contribution in [3.8, 4) is 22.7 Å². The van der Waals surface area contributed by atoms with Gasteiger partial charge in [0.15, 0.2) is 0 Å². The smallest absolute Gasteiger partial charge is 0.429 e. The van der Waals surface area contributed by atoms with Crippen LogP contribution in [0.25, 0.3) is 27.0 Å². The van der Waals surface area contributed by atoms with Gasteiger partial charge in [-0.05, 0) is 57.0 Å². The van der Waals surface area contributed by atoms with Crippen LogP contribution >= 0.6 is 22.9 Å². The number of rotatable bonds is 9. The average Bonchev–Trinajstić information content (AvgIpc) is 3.61. The molecule has 5 aromatic rings. The third kappa shape index (κ3) is 8.00. The Hall–Kier alpha value is -4.69. The fraction of sp³-hybridized carbons (Fsp3) is 0.281. The van der Waals surface area contributed by atoms with Gasteiger partial charge in [0.25, 0.3) is 0 Å². The van der Waals surface area contributed by atoms with E-state index in [1.165, 1.54) is 29.1 Å². The number of benzene rings is 2. The first kappa shape index (κ1) is 33.7. The van der Waals surface area contributed by atoms with Crippen molar-refractivity contribution in [2.24, 2.45) is 0 Å². The molecule has 0 unspecified atom stereocenters. The van der Waals surface area contributed by atoms with Crippen molar-refractivity contribution in [2.75, 3.05) is 0 Å². The number of aromatic nitrogens is 4. The minimum absolute atomic E-state index is 0.0109. The lowest BCUT2D eigenvalue weighted by molar-refractivity contribution is -0.198. The van der Waals surface area contributed by atoms with Gasteiger partial charge in [0.1, 0.15) is 22.7 Å². The van der Waals surface area contributed by atoms with E-state index >= 15 is 0 Å². The number of nitrogens with zero attached hydrogens (tertiary/aromatic N) is 4. The predicted octanol–water partition coefficient (Wildman–Crippen LogP) is 7.71. The zero-order chi connectivity index (χ0) is 34.1. The molecule has 47 heavy (non-hydrogen) atoms. The summed E-state index contributed by atoms with van der Waals surface area (Å²) < 4.78 is 56.2. The van der Waals surface area contributed by atoms with Gasteiger partial charge in [-0.2, -0.15) is 18.3 Å². The average molecular weight is 688 g/mol. The van der Waals surface area contributed by atoms with Crippen molar-refractivity contribution in [2.45, 2.75) is 58.0 Å². The zero-order valence-electron chi connectivity index (χ0n) is 25.5. The molecule has 0 saturated carbocycles. The standard InChI is InChI=1S/C32H29ClF3N5O5S/c1-17-11-12-41(40-17)24-14-20(33)9-10-21(24)27(32(34,35)36)45-28-26-25(37-16-38-28)22(15-47-26)19-7-5-18(6-8-19)13-23(29(42)43)39-30(44)46-31(2,3)4/h5-12,14-16,23,27H,13H2,1-4H3,(H,39,44)(H,42,43)/t23-,27+/m0/s1. The Bertz CT molecular complexity index is 1920. The highest BCUT2D eigenvalue weighted by molar-refractivity contribution is 7.18. The molecule has 2 aromatic carbocycles. The lowest BCUT2D eigenvalue weighted by Crippen LogP contribution is -2.44. The third-order valence-corrected chi connectivity index (χ3v) is 7.98. The summed E-state index contributed by atoms with van der Waals surface area (Å²) in [5, 5.41) is 18.2. The molecule has 0 radical (unpaired) electrons. The van der Waals surface area contributed by atoms with Crippen molar-refractivity contribution in [3.63, 3.8) is 0 Å². The molecule has 2 atom stereocenters. The first-order valence-corrected chi connectivity index (χ1v) is 15.4. The molecule has 0 aliphatic heterocycles. The molecule has 0 fully saturated rings. The van der Waals surface area contributed by atoms with Crippen LogP contribution in [0.3, 0.4) is 0 Å². The zero-order valence-corrected chi connectivity index (χ0v) is 27.1. The van der Waals surface area contributed by atoms with Gasteiger partial charge in [0, 0.05) is 34.1 Å². The summed E-state index contributed by atoms with van der Waals surface area (Å²) in [7, 11) is 0. The molecule has 0 aliphatic rings. The maximum atomic E-state index is 14.6. The minimum atomic E-state index is -4.83. The maximum absolute atomic E-state index is 14.6. The van der Waals surface area contributed by atoms with E-state index in [4.69, 9.17) is 21.1 Å². The Kier molecular flexibility index (Phi) is 9.46. The van der Waals surface area contributed by atoms with Gasteiger partial charge >= 0.3 is 18.2 Å². The number of carbonyl (C=O) groups excluding carboxylic acids is 1. The van der Waals surface area contributed by atoms with Crippen LogP contribution in [-0.4, -0.2) is 54.7 Å². The fourth-order valence-corrected chi connectivity index (χ4v) is 5.85. The summed E-state index contributed by atoms with van der Waals surface area (Å²) in [4.78, 5) is 32.3. The van der Waals surface area contributed by atoms with Gasteiger partial charge in [0.2, 0.25) is 12.0 Å². The maximum Gasteiger partial charge on any atom is 0.429 e. The SMILES string of the molecule is Cc1ccn(-c2cc(Cl)ccc2[C@@H](Oc2ncnc3c(-c4ccc(C[C@H](NC(=O)OC(C)(C)C)C(=O)O)cc4)csc23)C(F)(F)F)n1. The Labute approximate surface area is 276 Å². The lowest BCUT2D eigenvalue weighted by atomic mass is 10.0.